The van der Waals surface area contributed by atoms with Crippen molar-refractivity contribution < 1.29 is 4.79 Å². The number of amides is 1. The van der Waals surface area contributed by atoms with Crippen molar-refractivity contribution in [2.24, 2.45) is 0 Å². The summed E-state index contributed by atoms with van der Waals surface area (Å²) in [6.07, 6.45) is 2.64. The second-order valence-corrected chi connectivity index (χ2v) is 7.13. The van der Waals surface area contributed by atoms with Crippen LogP contribution in [0.15, 0.2) is 79.0 Å². The molecule has 0 saturated carbocycles. The Hall–Kier alpha value is -3.25. The molecule has 1 aromatic heterocycles. The van der Waals surface area contributed by atoms with Gasteiger partial charge in [-0.3, -0.25) is 9.69 Å². The number of hydrogen-bond donors (Lipinski definition) is 1. The maximum absolute atomic E-state index is 13.3. The van der Waals surface area contributed by atoms with E-state index in [-0.39, 0.29) is 11.9 Å². The molecule has 1 aliphatic heterocycles. The first-order chi connectivity index (χ1) is 14.3. The third-order valence-corrected chi connectivity index (χ3v) is 5.18. The highest BCUT2D eigenvalue weighted by Gasteiger charge is 2.29. The van der Waals surface area contributed by atoms with Gasteiger partial charge in [-0.1, -0.05) is 48.5 Å². The summed E-state index contributed by atoms with van der Waals surface area (Å²) in [7, 11) is 0. The van der Waals surface area contributed by atoms with Crippen LogP contribution >= 0.6 is 0 Å². The van der Waals surface area contributed by atoms with E-state index in [1.54, 1.807) is 6.20 Å². The Morgan fingerprint density at radius 3 is 2.34 bits per heavy atom. The van der Waals surface area contributed by atoms with E-state index >= 15 is 0 Å². The normalized spacial score (nSPS) is 16.1. The second-order valence-electron chi connectivity index (χ2n) is 7.13. The number of nitrogens with one attached hydrogen (secondary N) is 1. The Balaban J connectivity index is 1.54. The van der Waals surface area contributed by atoms with Crippen molar-refractivity contribution >= 4 is 17.4 Å². The standard InChI is InChI=1S/C23H25N5O/c29-23(25-20-11-5-2-6-12-20)22(19-9-3-1-4-10-19)28-16-8-15-27(17-18-28)21-13-7-14-24-26-21/h1-7,9-14,22H,8,15-18H2,(H,25,29). The predicted octanol–water partition coefficient (Wildman–Crippen LogP) is 3.37. The molecule has 4 rings (SSSR count). The molecule has 1 atom stereocenters. The van der Waals surface area contributed by atoms with Crippen molar-refractivity contribution in [2.45, 2.75) is 12.5 Å². The van der Waals surface area contributed by atoms with Gasteiger partial charge in [0.05, 0.1) is 0 Å². The van der Waals surface area contributed by atoms with Crippen molar-refractivity contribution in [1.29, 1.82) is 0 Å². The Morgan fingerprint density at radius 2 is 1.62 bits per heavy atom. The molecule has 1 fully saturated rings. The minimum Gasteiger partial charge on any atom is -0.354 e. The highest BCUT2D eigenvalue weighted by molar-refractivity contribution is 5.95. The second kappa shape index (κ2) is 9.30. The van der Waals surface area contributed by atoms with Crippen LogP contribution in [0.25, 0.3) is 0 Å². The average Bonchev–Trinajstić information content (AvgIpc) is 3.02. The zero-order chi connectivity index (χ0) is 19.9. The summed E-state index contributed by atoms with van der Waals surface area (Å²) in [4.78, 5) is 17.8. The molecule has 0 bridgehead atoms. The number of nitrogens with zero attached hydrogens (tertiary/aromatic N) is 4. The summed E-state index contributed by atoms with van der Waals surface area (Å²) in [5.41, 5.74) is 1.82. The molecular weight excluding hydrogens is 362 g/mol. The number of carbonyl (C=O) groups is 1. The Labute approximate surface area is 171 Å². The van der Waals surface area contributed by atoms with Crippen LogP contribution in [-0.4, -0.2) is 47.2 Å². The summed E-state index contributed by atoms with van der Waals surface area (Å²) in [5, 5.41) is 11.3. The maximum atomic E-state index is 13.3. The minimum atomic E-state index is -0.335. The van der Waals surface area contributed by atoms with Crippen LogP contribution < -0.4 is 10.2 Å². The molecule has 1 unspecified atom stereocenters. The lowest BCUT2D eigenvalue weighted by atomic mass is 10.0. The predicted molar refractivity (Wildman–Crippen MR) is 115 cm³/mol. The summed E-state index contributed by atoms with van der Waals surface area (Å²) < 4.78 is 0. The first-order valence-corrected chi connectivity index (χ1v) is 9.99. The quantitative estimate of drug-likeness (QED) is 0.727. The molecule has 0 aliphatic carbocycles. The van der Waals surface area contributed by atoms with Gasteiger partial charge in [-0.05, 0) is 36.2 Å². The number of carbonyl (C=O) groups excluding carboxylic acids is 1. The van der Waals surface area contributed by atoms with Gasteiger partial charge < -0.3 is 10.2 Å². The van der Waals surface area contributed by atoms with Gasteiger partial charge in [-0.2, -0.15) is 5.10 Å². The Bertz CT molecular complexity index is 904. The van der Waals surface area contributed by atoms with E-state index in [1.807, 2.05) is 72.8 Å². The third kappa shape index (κ3) is 4.78. The number of rotatable bonds is 5. The molecule has 29 heavy (non-hydrogen) atoms. The van der Waals surface area contributed by atoms with Gasteiger partial charge in [0.25, 0.3) is 0 Å². The van der Waals surface area contributed by atoms with E-state index in [9.17, 15) is 4.79 Å². The summed E-state index contributed by atoms with van der Waals surface area (Å²) in [5.74, 6) is 0.884. The zero-order valence-corrected chi connectivity index (χ0v) is 16.3. The van der Waals surface area contributed by atoms with Gasteiger partial charge >= 0.3 is 0 Å². The largest absolute Gasteiger partial charge is 0.354 e. The molecule has 1 amide bonds. The van der Waals surface area contributed by atoms with Crippen LogP contribution in [0.5, 0.6) is 0 Å². The van der Waals surface area contributed by atoms with Crippen molar-refractivity contribution in [3.63, 3.8) is 0 Å². The minimum absolute atomic E-state index is 0.00430. The SMILES string of the molecule is O=C(Nc1ccccc1)C(c1ccccc1)N1CCCN(c2cccnn2)CC1. The third-order valence-electron chi connectivity index (χ3n) is 5.18. The van der Waals surface area contributed by atoms with Crippen LogP contribution in [0, 0.1) is 0 Å². The molecular formula is C23H25N5O. The molecule has 2 aromatic carbocycles. The van der Waals surface area contributed by atoms with E-state index in [4.69, 9.17) is 0 Å². The molecule has 148 valence electrons. The molecule has 0 spiro atoms. The van der Waals surface area contributed by atoms with Crippen LogP contribution in [-0.2, 0) is 4.79 Å². The first-order valence-electron chi connectivity index (χ1n) is 9.99. The average molecular weight is 387 g/mol. The van der Waals surface area contributed by atoms with Crippen molar-refractivity contribution in [2.75, 3.05) is 36.4 Å². The molecule has 2 heterocycles. The van der Waals surface area contributed by atoms with Crippen molar-refractivity contribution in [3.8, 4) is 0 Å². The zero-order valence-electron chi connectivity index (χ0n) is 16.3. The topological polar surface area (TPSA) is 61.4 Å². The van der Waals surface area contributed by atoms with Gasteiger partial charge in [0, 0.05) is 38.1 Å². The lowest BCUT2D eigenvalue weighted by Crippen LogP contribution is -2.39. The fourth-order valence-corrected chi connectivity index (χ4v) is 3.78. The molecule has 3 aromatic rings. The molecule has 6 nitrogen and oxygen atoms in total. The van der Waals surface area contributed by atoms with Gasteiger partial charge in [0.1, 0.15) is 6.04 Å². The van der Waals surface area contributed by atoms with Gasteiger partial charge in [-0.25, -0.2) is 0 Å². The summed E-state index contributed by atoms with van der Waals surface area (Å²) in [6, 6.07) is 23.2. The number of benzene rings is 2. The number of para-hydroxylation sites is 1. The van der Waals surface area contributed by atoms with Gasteiger partial charge in [-0.15, -0.1) is 5.10 Å². The Kier molecular flexibility index (Phi) is 6.12. The number of anilines is 2. The van der Waals surface area contributed by atoms with Crippen LogP contribution in [0.4, 0.5) is 11.5 Å². The highest BCUT2D eigenvalue weighted by Crippen LogP contribution is 2.25. The molecule has 6 heteroatoms. The highest BCUT2D eigenvalue weighted by atomic mass is 16.2. The summed E-state index contributed by atoms with van der Waals surface area (Å²) >= 11 is 0. The fourth-order valence-electron chi connectivity index (χ4n) is 3.78. The molecule has 0 radical (unpaired) electrons. The molecule has 1 saturated heterocycles. The van der Waals surface area contributed by atoms with E-state index in [1.165, 1.54) is 0 Å². The lowest BCUT2D eigenvalue weighted by molar-refractivity contribution is -0.121. The fraction of sp³-hybridized carbons (Fsp3) is 0.261. The van der Waals surface area contributed by atoms with Crippen LogP contribution in [0.1, 0.15) is 18.0 Å². The van der Waals surface area contributed by atoms with Crippen molar-refractivity contribution in [3.05, 3.63) is 84.6 Å². The van der Waals surface area contributed by atoms with E-state index in [2.05, 4.69) is 25.3 Å². The van der Waals surface area contributed by atoms with E-state index in [0.717, 1.165) is 49.7 Å². The smallest absolute Gasteiger partial charge is 0.246 e. The van der Waals surface area contributed by atoms with Gasteiger partial charge in [0.2, 0.25) is 5.91 Å². The van der Waals surface area contributed by atoms with Crippen molar-refractivity contribution in [1.82, 2.24) is 15.1 Å². The number of hydrogen-bond acceptors (Lipinski definition) is 5. The monoisotopic (exact) mass is 387 g/mol. The number of aromatic nitrogens is 2. The Morgan fingerprint density at radius 1 is 0.862 bits per heavy atom. The van der Waals surface area contributed by atoms with E-state index < -0.39 is 0 Å². The van der Waals surface area contributed by atoms with Crippen LogP contribution in [0.2, 0.25) is 0 Å². The van der Waals surface area contributed by atoms with Crippen LogP contribution in [0.3, 0.4) is 0 Å². The lowest BCUT2D eigenvalue weighted by Gasteiger charge is -2.30. The summed E-state index contributed by atoms with van der Waals surface area (Å²) in [6.45, 7) is 3.33. The maximum Gasteiger partial charge on any atom is 0.246 e. The first kappa shape index (κ1) is 19.1. The molecule has 1 aliphatic rings. The van der Waals surface area contributed by atoms with Gasteiger partial charge in [0.15, 0.2) is 5.82 Å². The molecule has 1 N–H and O–H groups in total. The van der Waals surface area contributed by atoms with E-state index in [0.29, 0.717) is 0 Å².